The molecule has 1 amide bonds. The van der Waals surface area contributed by atoms with Gasteiger partial charge in [0, 0.05) is 23.2 Å². The fourth-order valence-electron chi connectivity index (χ4n) is 1.59. The maximum atomic E-state index is 13.1. The van der Waals surface area contributed by atoms with E-state index in [1.165, 1.54) is 12.1 Å². The van der Waals surface area contributed by atoms with E-state index in [9.17, 15) is 9.18 Å². The van der Waals surface area contributed by atoms with Crippen LogP contribution >= 0.6 is 15.9 Å². The lowest BCUT2D eigenvalue weighted by Gasteiger charge is -2.20. The summed E-state index contributed by atoms with van der Waals surface area (Å²) in [6.45, 7) is 2.90. The zero-order chi connectivity index (χ0) is 14.3. The highest BCUT2D eigenvalue weighted by Gasteiger charge is 2.11. The Morgan fingerprint density at radius 1 is 1.53 bits per heavy atom. The van der Waals surface area contributed by atoms with Crippen LogP contribution in [0.5, 0.6) is 0 Å². The van der Waals surface area contributed by atoms with E-state index in [0.29, 0.717) is 29.7 Å². The lowest BCUT2D eigenvalue weighted by molar-refractivity contribution is -0.129. The lowest BCUT2D eigenvalue weighted by atomic mass is 10.3. The van der Waals surface area contributed by atoms with Crippen molar-refractivity contribution in [2.75, 3.05) is 25.0 Å². The Balaban J connectivity index is 2.55. The fraction of sp³-hybridized carbons (Fsp3) is 0.385. The summed E-state index contributed by atoms with van der Waals surface area (Å²) in [7, 11) is 0. The van der Waals surface area contributed by atoms with Crippen LogP contribution in [0.4, 0.5) is 10.1 Å². The van der Waals surface area contributed by atoms with Gasteiger partial charge in [-0.05, 0) is 25.1 Å². The number of amides is 1. The van der Waals surface area contributed by atoms with Crippen LogP contribution in [0.15, 0.2) is 22.7 Å². The number of likely N-dealkylation sites (N-methyl/N-ethyl adjacent to an activating group) is 1. The van der Waals surface area contributed by atoms with E-state index in [0.717, 1.165) is 0 Å². The number of halogens is 2. The zero-order valence-corrected chi connectivity index (χ0v) is 12.2. The summed E-state index contributed by atoms with van der Waals surface area (Å²) in [6.07, 6.45) is 0.311. The minimum Gasteiger partial charge on any atom is -0.376 e. The van der Waals surface area contributed by atoms with Crippen LogP contribution in [-0.4, -0.2) is 30.4 Å². The van der Waals surface area contributed by atoms with Crippen molar-refractivity contribution in [1.82, 2.24) is 4.90 Å². The maximum absolute atomic E-state index is 13.1. The van der Waals surface area contributed by atoms with Crippen molar-refractivity contribution in [1.29, 1.82) is 5.26 Å². The molecule has 0 radical (unpaired) electrons. The molecule has 0 unspecified atom stereocenters. The minimum absolute atomic E-state index is 0.0785. The van der Waals surface area contributed by atoms with E-state index in [1.807, 2.05) is 13.0 Å². The van der Waals surface area contributed by atoms with Crippen LogP contribution < -0.4 is 5.32 Å². The average Bonchev–Trinajstić information content (AvgIpc) is 2.36. The minimum atomic E-state index is -0.374. The molecule has 1 rings (SSSR count). The van der Waals surface area contributed by atoms with Crippen LogP contribution in [0.1, 0.15) is 13.3 Å². The third-order valence-electron chi connectivity index (χ3n) is 2.53. The van der Waals surface area contributed by atoms with Crippen LogP contribution in [-0.2, 0) is 4.79 Å². The molecule has 0 spiro atoms. The van der Waals surface area contributed by atoms with Gasteiger partial charge in [-0.25, -0.2) is 4.39 Å². The van der Waals surface area contributed by atoms with Gasteiger partial charge in [-0.15, -0.1) is 0 Å². The van der Waals surface area contributed by atoms with Crippen molar-refractivity contribution in [3.8, 4) is 6.07 Å². The molecule has 4 nitrogen and oxygen atoms in total. The topological polar surface area (TPSA) is 56.1 Å². The molecule has 0 aliphatic carbocycles. The number of rotatable bonds is 6. The number of hydrogen-bond donors (Lipinski definition) is 1. The number of hydrogen-bond acceptors (Lipinski definition) is 3. The maximum Gasteiger partial charge on any atom is 0.241 e. The van der Waals surface area contributed by atoms with Crippen molar-refractivity contribution >= 4 is 27.5 Å². The highest BCUT2D eigenvalue weighted by Crippen LogP contribution is 2.18. The first-order chi connectivity index (χ1) is 9.06. The fourth-order valence-corrected chi connectivity index (χ4v) is 2.05. The number of nitriles is 1. The molecule has 0 fully saturated rings. The summed E-state index contributed by atoms with van der Waals surface area (Å²) in [6, 6.07) is 6.37. The summed E-state index contributed by atoms with van der Waals surface area (Å²) >= 11 is 3.19. The summed E-state index contributed by atoms with van der Waals surface area (Å²) in [5, 5.41) is 11.4. The molecule has 6 heteroatoms. The van der Waals surface area contributed by atoms with Gasteiger partial charge in [-0.3, -0.25) is 4.79 Å². The third kappa shape index (κ3) is 5.26. The van der Waals surface area contributed by atoms with Gasteiger partial charge >= 0.3 is 0 Å². The molecular weight excluding hydrogens is 313 g/mol. The summed E-state index contributed by atoms with van der Waals surface area (Å²) in [5.74, 6) is -0.487. The Morgan fingerprint density at radius 2 is 2.26 bits per heavy atom. The molecule has 102 valence electrons. The van der Waals surface area contributed by atoms with Crippen LogP contribution in [0.2, 0.25) is 0 Å². The number of nitrogens with zero attached hydrogens (tertiary/aromatic N) is 2. The molecule has 0 saturated heterocycles. The molecule has 1 N–H and O–H groups in total. The number of carbonyl (C=O) groups is 1. The SMILES string of the molecule is CCN(CCC#N)C(=O)CNc1cc(F)cc(Br)c1. The van der Waals surface area contributed by atoms with Gasteiger partial charge in [0.2, 0.25) is 5.91 Å². The predicted molar refractivity (Wildman–Crippen MR) is 75.1 cm³/mol. The number of nitrogens with one attached hydrogen (secondary N) is 1. The monoisotopic (exact) mass is 327 g/mol. The first-order valence-corrected chi connectivity index (χ1v) is 6.70. The summed E-state index contributed by atoms with van der Waals surface area (Å²) in [5.41, 5.74) is 0.538. The standard InChI is InChI=1S/C13H15BrFN3O/c1-2-18(5-3-4-16)13(19)9-17-12-7-10(14)6-11(15)8-12/h6-8,17H,2-3,5,9H2,1H3. The van der Waals surface area contributed by atoms with Crippen molar-refractivity contribution in [2.24, 2.45) is 0 Å². The van der Waals surface area contributed by atoms with E-state index in [2.05, 4.69) is 21.2 Å². The van der Waals surface area contributed by atoms with E-state index in [-0.39, 0.29) is 18.3 Å². The molecule has 19 heavy (non-hydrogen) atoms. The van der Waals surface area contributed by atoms with E-state index in [1.54, 1.807) is 11.0 Å². The zero-order valence-electron chi connectivity index (χ0n) is 10.6. The third-order valence-corrected chi connectivity index (χ3v) is 2.99. The molecular formula is C13H15BrFN3O. The molecule has 1 aromatic carbocycles. The van der Waals surface area contributed by atoms with Gasteiger partial charge in [0.05, 0.1) is 19.0 Å². The van der Waals surface area contributed by atoms with E-state index >= 15 is 0 Å². The Kier molecular flexibility index (Phi) is 6.30. The van der Waals surface area contributed by atoms with Gasteiger partial charge in [0.1, 0.15) is 5.82 Å². The van der Waals surface area contributed by atoms with Crippen molar-refractivity contribution < 1.29 is 9.18 Å². The normalized spacial score (nSPS) is 9.79. The average molecular weight is 328 g/mol. The Morgan fingerprint density at radius 3 is 2.84 bits per heavy atom. The molecule has 0 aromatic heterocycles. The van der Waals surface area contributed by atoms with Crippen LogP contribution in [0.3, 0.4) is 0 Å². The largest absolute Gasteiger partial charge is 0.376 e. The summed E-state index contributed by atoms with van der Waals surface area (Å²) in [4.78, 5) is 13.5. The Bertz CT molecular complexity index is 467. The molecule has 0 heterocycles. The van der Waals surface area contributed by atoms with Crippen molar-refractivity contribution in [3.05, 3.63) is 28.5 Å². The number of anilines is 1. The van der Waals surface area contributed by atoms with Gasteiger partial charge in [0.25, 0.3) is 0 Å². The molecule has 0 bridgehead atoms. The first kappa shape index (κ1) is 15.4. The van der Waals surface area contributed by atoms with Crippen molar-refractivity contribution in [2.45, 2.75) is 13.3 Å². The smallest absolute Gasteiger partial charge is 0.241 e. The molecule has 0 saturated carbocycles. The Labute approximate surface area is 120 Å². The van der Waals surface area contributed by atoms with Gasteiger partial charge in [-0.1, -0.05) is 15.9 Å². The highest BCUT2D eigenvalue weighted by molar-refractivity contribution is 9.10. The van der Waals surface area contributed by atoms with E-state index < -0.39 is 0 Å². The highest BCUT2D eigenvalue weighted by atomic mass is 79.9. The molecule has 0 aliphatic heterocycles. The van der Waals surface area contributed by atoms with E-state index in [4.69, 9.17) is 5.26 Å². The van der Waals surface area contributed by atoms with Crippen LogP contribution in [0, 0.1) is 17.1 Å². The second kappa shape index (κ2) is 7.74. The quantitative estimate of drug-likeness (QED) is 0.874. The van der Waals surface area contributed by atoms with Crippen LogP contribution in [0.25, 0.3) is 0 Å². The lowest BCUT2D eigenvalue weighted by Crippen LogP contribution is -2.36. The van der Waals surface area contributed by atoms with Gasteiger partial charge in [-0.2, -0.15) is 5.26 Å². The predicted octanol–water partition coefficient (Wildman–Crippen LogP) is 2.76. The number of carbonyl (C=O) groups excluding carboxylic acids is 1. The second-order valence-electron chi connectivity index (χ2n) is 3.89. The van der Waals surface area contributed by atoms with Gasteiger partial charge in [0.15, 0.2) is 0 Å². The number of benzene rings is 1. The van der Waals surface area contributed by atoms with Crippen molar-refractivity contribution in [3.63, 3.8) is 0 Å². The summed E-state index contributed by atoms with van der Waals surface area (Å²) < 4.78 is 13.8. The molecule has 1 aromatic rings. The first-order valence-electron chi connectivity index (χ1n) is 5.91. The Hall–Kier alpha value is -1.61. The molecule has 0 aliphatic rings. The molecule has 0 atom stereocenters. The van der Waals surface area contributed by atoms with Gasteiger partial charge < -0.3 is 10.2 Å². The second-order valence-corrected chi connectivity index (χ2v) is 4.81.